The number of pyridine rings is 1. The van der Waals surface area contributed by atoms with Crippen LogP contribution >= 0.6 is 0 Å². The van der Waals surface area contributed by atoms with Crippen molar-refractivity contribution in [3.63, 3.8) is 0 Å². The molecular formula is C20H25FN4O5S. The van der Waals surface area contributed by atoms with E-state index in [4.69, 9.17) is 9.47 Å². The summed E-state index contributed by atoms with van der Waals surface area (Å²) in [6, 6.07) is 6.67. The Hall–Kier alpha value is -2.76. The number of carbonyl (C=O) groups excluding carboxylic acids is 1. The van der Waals surface area contributed by atoms with Crippen LogP contribution in [0.15, 0.2) is 36.5 Å². The highest BCUT2D eigenvalue weighted by Crippen LogP contribution is 2.24. The summed E-state index contributed by atoms with van der Waals surface area (Å²) in [6.45, 7) is 1.00. The van der Waals surface area contributed by atoms with Gasteiger partial charge in [0.15, 0.2) is 0 Å². The lowest BCUT2D eigenvalue weighted by Gasteiger charge is -2.31. The van der Waals surface area contributed by atoms with Crippen LogP contribution in [-0.2, 0) is 21.4 Å². The number of halogens is 1. The van der Waals surface area contributed by atoms with Crippen LogP contribution < -0.4 is 15.4 Å². The Morgan fingerprint density at radius 1 is 1.26 bits per heavy atom. The maximum atomic E-state index is 14.1. The fourth-order valence-corrected chi connectivity index (χ4v) is 4.12. The van der Waals surface area contributed by atoms with Gasteiger partial charge < -0.3 is 20.1 Å². The third-order valence-electron chi connectivity index (χ3n) is 4.62. The number of nitrogens with one attached hydrogen (secondary N) is 2. The fraction of sp³-hybridized carbons (Fsp3) is 0.400. The van der Waals surface area contributed by atoms with Crippen molar-refractivity contribution in [2.45, 2.75) is 25.6 Å². The van der Waals surface area contributed by atoms with E-state index < -0.39 is 28.0 Å². The molecule has 1 unspecified atom stereocenters. The number of anilines is 2. The summed E-state index contributed by atoms with van der Waals surface area (Å²) >= 11 is 0. The first kappa shape index (κ1) is 22.9. The molecule has 1 saturated heterocycles. The molecule has 2 N–H and O–H groups in total. The van der Waals surface area contributed by atoms with Crippen molar-refractivity contribution < 1.29 is 27.1 Å². The lowest BCUT2D eigenvalue weighted by atomic mass is 10.1. The second-order valence-electron chi connectivity index (χ2n) is 7.23. The van der Waals surface area contributed by atoms with E-state index >= 15 is 0 Å². The minimum Gasteiger partial charge on any atom is -0.489 e. The molecule has 9 nitrogen and oxygen atoms in total. The molecule has 2 amide bonds. The summed E-state index contributed by atoms with van der Waals surface area (Å²) in [4.78, 5) is 16.4. The number of sulfonamides is 1. The molecule has 0 aliphatic carbocycles. The quantitative estimate of drug-likeness (QED) is 0.669. The van der Waals surface area contributed by atoms with Gasteiger partial charge in [0.2, 0.25) is 10.0 Å². The van der Waals surface area contributed by atoms with Crippen LogP contribution in [0.1, 0.15) is 18.5 Å². The number of amides is 2. The van der Waals surface area contributed by atoms with E-state index in [0.717, 1.165) is 18.0 Å². The zero-order valence-corrected chi connectivity index (χ0v) is 18.1. The summed E-state index contributed by atoms with van der Waals surface area (Å²) in [5.41, 5.74) is 1.39. The summed E-state index contributed by atoms with van der Waals surface area (Å²) < 4.78 is 49.7. The molecule has 0 radical (unpaired) electrons. The van der Waals surface area contributed by atoms with Gasteiger partial charge in [0.05, 0.1) is 37.0 Å². The van der Waals surface area contributed by atoms with Crippen LogP contribution in [0.5, 0.6) is 5.75 Å². The Balaban J connectivity index is 1.62. The van der Waals surface area contributed by atoms with E-state index in [-0.39, 0.29) is 18.0 Å². The van der Waals surface area contributed by atoms with Gasteiger partial charge in [0, 0.05) is 31.5 Å². The summed E-state index contributed by atoms with van der Waals surface area (Å²) in [5, 5.41) is 5.17. The molecule has 168 valence electrons. The zero-order valence-electron chi connectivity index (χ0n) is 17.3. The van der Waals surface area contributed by atoms with Gasteiger partial charge in [-0.3, -0.25) is 4.98 Å². The standard InChI is InChI=1S/C20H25FN4O5S/c1-29-13-16-6-5-15(11-22-16)23-20(26)24-17-8-14(21)9-19(10-17)30-18-4-3-7-25(12-18)31(2,27)28/h5-6,8-11,18H,3-4,7,12-13H2,1-2H3,(H2,23,24,26). The zero-order chi connectivity index (χ0) is 22.4. The third kappa shape index (κ3) is 6.88. The smallest absolute Gasteiger partial charge is 0.323 e. The number of benzene rings is 1. The van der Waals surface area contributed by atoms with Crippen LogP contribution in [0.25, 0.3) is 0 Å². The molecule has 2 aromatic rings. The van der Waals surface area contributed by atoms with Gasteiger partial charge in [-0.2, -0.15) is 4.31 Å². The molecular weight excluding hydrogens is 427 g/mol. The second kappa shape index (κ2) is 10.0. The largest absolute Gasteiger partial charge is 0.489 e. The predicted octanol–water partition coefficient (Wildman–Crippen LogP) is 2.81. The number of piperidine rings is 1. The minimum absolute atomic E-state index is 0.199. The second-order valence-corrected chi connectivity index (χ2v) is 9.21. The fourth-order valence-electron chi connectivity index (χ4n) is 3.22. The van der Waals surface area contributed by atoms with Crippen LogP contribution in [-0.4, -0.2) is 56.3 Å². The number of aromatic nitrogens is 1. The molecule has 1 aromatic heterocycles. The normalized spacial score (nSPS) is 17.2. The van der Waals surface area contributed by atoms with Crippen molar-refractivity contribution in [3.8, 4) is 5.75 Å². The van der Waals surface area contributed by atoms with E-state index in [2.05, 4.69) is 15.6 Å². The maximum absolute atomic E-state index is 14.1. The Bertz CT molecular complexity index is 1020. The molecule has 3 rings (SSSR count). The Morgan fingerprint density at radius 3 is 2.71 bits per heavy atom. The average molecular weight is 453 g/mol. The highest BCUT2D eigenvalue weighted by atomic mass is 32.2. The summed E-state index contributed by atoms with van der Waals surface area (Å²) in [6.07, 6.45) is 3.54. The first-order valence-electron chi connectivity index (χ1n) is 9.67. The van der Waals surface area contributed by atoms with Crippen LogP contribution in [0, 0.1) is 5.82 Å². The molecule has 1 aliphatic heterocycles. The molecule has 1 atom stereocenters. The molecule has 31 heavy (non-hydrogen) atoms. The highest BCUT2D eigenvalue weighted by molar-refractivity contribution is 7.88. The number of ether oxygens (including phenoxy) is 2. The first-order valence-corrected chi connectivity index (χ1v) is 11.5. The molecule has 1 aliphatic rings. The lowest BCUT2D eigenvalue weighted by molar-refractivity contribution is 0.130. The van der Waals surface area contributed by atoms with Crippen molar-refractivity contribution in [2.75, 3.05) is 37.1 Å². The van der Waals surface area contributed by atoms with Gasteiger partial charge in [-0.15, -0.1) is 0 Å². The highest BCUT2D eigenvalue weighted by Gasteiger charge is 2.27. The predicted molar refractivity (Wildman–Crippen MR) is 114 cm³/mol. The van der Waals surface area contributed by atoms with E-state index in [0.29, 0.717) is 31.7 Å². The van der Waals surface area contributed by atoms with Gasteiger partial charge in [-0.05, 0) is 31.0 Å². The van der Waals surface area contributed by atoms with Gasteiger partial charge in [0.1, 0.15) is 17.7 Å². The number of methoxy groups -OCH3 is 1. The summed E-state index contributed by atoms with van der Waals surface area (Å²) in [7, 11) is -1.75. The van der Waals surface area contributed by atoms with E-state index in [9.17, 15) is 17.6 Å². The van der Waals surface area contributed by atoms with E-state index in [1.807, 2.05) is 0 Å². The molecule has 2 heterocycles. The Labute approximate surface area is 180 Å². The molecule has 0 saturated carbocycles. The van der Waals surface area contributed by atoms with Gasteiger partial charge >= 0.3 is 6.03 Å². The monoisotopic (exact) mass is 452 g/mol. The average Bonchev–Trinajstić information content (AvgIpc) is 2.69. The Kier molecular flexibility index (Phi) is 7.42. The minimum atomic E-state index is -3.32. The van der Waals surface area contributed by atoms with Crippen LogP contribution in [0.3, 0.4) is 0 Å². The lowest BCUT2D eigenvalue weighted by Crippen LogP contribution is -2.43. The number of nitrogens with zero attached hydrogens (tertiary/aromatic N) is 2. The maximum Gasteiger partial charge on any atom is 0.323 e. The topological polar surface area (TPSA) is 110 Å². The first-order chi connectivity index (χ1) is 14.7. The van der Waals surface area contributed by atoms with Crippen molar-refractivity contribution in [1.29, 1.82) is 0 Å². The summed E-state index contributed by atoms with van der Waals surface area (Å²) in [5.74, 6) is -0.379. The number of urea groups is 1. The molecule has 11 heteroatoms. The van der Waals surface area contributed by atoms with Crippen LogP contribution in [0.2, 0.25) is 0 Å². The van der Waals surface area contributed by atoms with E-state index in [1.54, 1.807) is 19.2 Å². The van der Waals surface area contributed by atoms with Crippen molar-refractivity contribution in [3.05, 3.63) is 48.0 Å². The molecule has 1 aromatic carbocycles. The molecule has 0 spiro atoms. The van der Waals surface area contributed by atoms with Crippen molar-refractivity contribution in [1.82, 2.24) is 9.29 Å². The van der Waals surface area contributed by atoms with Gasteiger partial charge in [-0.25, -0.2) is 17.6 Å². The SMILES string of the molecule is COCc1ccc(NC(=O)Nc2cc(F)cc(OC3CCCN(S(C)(=O)=O)C3)c2)cn1. The van der Waals surface area contributed by atoms with Crippen molar-refractivity contribution >= 4 is 27.4 Å². The molecule has 0 bridgehead atoms. The van der Waals surface area contributed by atoms with E-state index in [1.165, 1.54) is 22.6 Å². The Morgan fingerprint density at radius 2 is 2.03 bits per heavy atom. The third-order valence-corrected chi connectivity index (χ3v) is 5.89. The number of hydrogen-bond acceptors (Lipinski definition) is 6. The number of rotatable bonds is 7. The van der Waals surface area contributed by atoms with Gasteiger partial charge in [-0.1, -0.05) is 0 Å². The van der Waals surface area contributed by atoms with Crippen molar-refractivity contribution in [2.24, 2.45) is 0 Å². The molecule has 1 fully saturated rings. The van der Waals surface area contributed by atoms with Gasteiger partial charge in [0.25, 0.3) is 0 Å². The van der Waals surface area contributed by atoms with Crippen LogP contribution in [0.4, 0.5) is 20.6 Å². The number of hydrogen-bond donors (Lipinski definition) is 2. The number of carbonyl (C=O) groups is 1.